The minimum absolute atomic E-state index is 0.595. The van der Waals surface area contributed by atoms with Crippen LogP contribution >= 0.6 is 0 Å². The molecule has 0 heterocycles. The molecule has 0 aromatic heterocycles. The average molecular weight is 291 g/mol. The summed E-state index contributed by atoms with van der Waals surface area (Å²) >= 11 is 0. The van der Waals surface area contributed by atoms with E-state index in [1.165, 1.54) is 44.1 Å². The van der Waals surface area contributed by atoms with Gasteiger partial charge in [0.25, 0.3) is 0 Å². The van der Waals surface area contributed by atoms with E-state index in [0.29, 0.717) is 13.2 Å². The van der Waals surface area contributed by atoms with Crippen molar-refractivity contribution in [3.05, 3.63) is 23.8 Å². The van der Waals surface area contributed by atoms with Crippen molar-refractivity contribution in [1.82, 2.24) is 0 Å². The summed E-state index contributed by atoms with van der Waals surface area (Å²) in [5, 5.41) is 3.60. The Morgan fingerprint density at radius 3 is 2.57 bits per heavy atom. The van der Waals surface area contributed by atoms with E-state index in [2.05, 4.69) is 30.4 Å². The molecule has 0 radical (unpaired) electrons. The van der Waals surface area contributed by atoms with Crippen molar-refractivity contribution in [2.75, 3.05) is 32.2 Å². The molecule has 1 aliphatic rings. The Morgan fingerprint density at radius 1 is 1.10 bits per heavy atom. The van der Waals surface area contributed by atoms with Gasteiger partial charge in [-0.2, -0.15) is 0 Å². The summed E-state index contributed by atoms with van der Waals surface area (Å²) in [5.41, 5.74) is 2.34. The Hall–Kier alpha value is -1.22. The van der Waals surface area contributed by atoms with Crippen LogP contribution in [-0.2, 0) is 4.74 Å². The van der Waals surface area contributed by atoms with Crippen LogP contribution < -0.4 is 10.1 Å². The van der Waals surface area contributed by atoms with Crippen molar-refractivity contribution >= 4 is 5.69 Å². The van der Waals surface area contributed by atoms with Gasteiger partial charge in [0.15, 0.2) is 0 Å². The Balaban J connectivity index is 1.91. The molecule has 1 N–H and O–H groups in total. The van der Waals surface area contributed by atoms with Crippen LogP contribution in [0.1, 0.15) is 44.1 Å². The standard InChI is InChI=1S/C18H29NO2/c1-15-9-10-17(18(13-15)21-12-11-20-2)19-14-16-7-5-3-4-6-8-16/h9-10,13,16,19H,3-8,11-12,14H2,1-2H3. The fourth-order valence-corrected chi connectivity index (χ4v) is 2.95. The van der Waals surface area contributed by atoms with Gasteiger partial charge in [-0.3, -0.25) is 0 Å². The van der Waals surface area contributed by atoms with Gasteiger partial charge < -0.3 is 14.8 Å². The third-order valence-corrected chi connectivity index (χ3v) is 4.24. The highest BCUT2D eigenvalue weighted by molar-refractivity contribution is 5.57. The van der Waals surface area contributed by atoms with Gasteiger partial charge in [0.1, 0.15) is 12.4 Å². The number of benzene rings is 1. The molecule has 1 fully saturated rings. The molecule has 0 saturated heterocycles. The topological polar surface area (TPSA) is 30.5 Å². The van der Waals surface area contributed by atoms with E-state index in [1.807, 2.05) is 0 Å². The number of nitrogens with one attached hydrogen (secondary N) is 1. The zero-order valence-electron chi connectivity index (χ0n) is 13.5. The van der Waals surface area contributed by atoms with Crippen LogP contribution in [0.2, 0.25) is 0 Å². The lowest BCUT2D eigenvalue weighted by Crippen LogP contribution is -2.15. The summed E-state index contributed by atoms with van der Waals surface area (Å²) in [6, 6.07) is 6.37. The highest BCUT2D eigenvalue weighted by Gasteiger charge is 2.13. The lowest BCUT2D eigenvalue weighted by Gasteiger charge is -2.18. The molecule has 1 aromatic carbocycles. The van der Waals surface area contributed by atoms with Crippen molar-refractivity contribution in [2.45, 2.75) is 45.4 Å². The molecule has 1 aliphatic carbocycles. The van der Waals surface area contributed by atoms with E-state index >= 15 is 0 Å². The third-order valence-electron chi connectivity index (χ3n) is 4.24. The molecular weight excluding hydrogens is 262 g/mol. The number of rotatable bonds is 7. The van der Waals surface area contributed by atoms with Crippen LogP contribution in [0.3, 0.4) is 0 Å². The molecule has 0 bridgehead atoms. The minimum Gasteiger partial charge on any atom is -0.489 e. The summed E-state index contributed by atoms with van der Waals surface area (Å²) in [4.78, 5) is 0. The summed E-state index contributed by atoms with van der Waals surface area (Å²) in [5.74, 6) is 1.75. The molecule has 0 unspecified atom stereocenters. The first-order chi connectivity index (χ1) is 10.3. The maximum atomic E-state index is 5.84. The van der Waals surface area contributed by atoms with Crippen molar-refractivity contribution < 1.29 is 9.47 Å². The fourth-order valence-electron chi connectivity index (χ4n) is 2.95. The van der Waals surface area contributed by atoms with Gasteiger partial charge in [-0.15, -0.1) is 0 Å². The summed E-state index contributed by atoms with van der Waals surface area (Å²) in [7, 11) is 1.70. The van der Waals surface area contributed by atoms with Crippen LogP contribution in [0.15, 0.2) is 18.2 Å². The largest absolute Gasteiger partial charge is 0.489 e. The SMILES string of the molecule is COCCOc1cc(C)ccc1NCC1CCCCCC1. The number of hydrogen-bond acceptors (Lipinski definition) is 3. The van der Waals surface area contributed by atoms with Crippen LogP contribution in [-0.4, -0.2) is 26.9 Å². The number of anilines is 1. The Morgan fingerprint density at radius 2 is 1.86 bits per heavy atom. The van der Waals surface area contributed by atoms with E-state index in [0.717, 1.165) is 23.9 Å². The molecule has 0 spiro atoms. The molecule has 21 heavy (non-hydrogen) atoms. The first-order valence-electron chi connectivity index (χ1n) is 8.26. The van der Waals surface area contributed by atoms with Crippen molar-refractivity contribution in [3.8, 4) is 5.75 Å². The zero-order chi connectivity index (χ0) is 14.9. The Kier molecular flexibility index (Phi) is 6.87. The predicted molar refractivity (Wildman–Crippen MR) is 88.2 cm³/mol. The molecule has 0 atom stereocenters. The second-order valence-corrected chi connectivity index (χ2v) is 6.08. The van der Waals surface area contributed by atoms with Crippen LogP contribution in [0.4, 0.5) is 5.69 Å². The van der Waals surface area contributed by atoms with Gasteiger partial charge in [-0.05, 0) is 43.4 Å². The molecule has 3 nitrogen and oxygen atoms in total. The molecule has 3 heteroatoms. The van der Waals surface area contributed by atoms with Gasteiger partial charge in [0, 0.05) is 13.7 Å². The lowest BCUT2D eigenvalue weighted by molar-refractivity contribution is 0.146. The summed E-state index contributed by atoms with van der Waals surface area (Å²) < 4.78 is 10.9. The van der Waals surface area contributed by atoms with E-state index in [9.17, 15) is 0 Å². The lowest BCUT2D eigenvalue weighted by atomic mass is 10.0. The molecule has 1 aromatic rings. The number of hydrogen-bond donors (Lipinski definition) is 1. The van der Waals surface area contributed by atoms with Crippen LogP contribution in [0.25, 0.3) is 0 Å². The van der Waals surface area contributed by atoms with Crippen molar-refractivity contribution in [1.29, 1.82) is 0 Å². The van der Waals surface area contributed by atoms with Crippen LogP contribution in [0, 0.1) is 12.8 Å². The second kappa shape index (κ2) is 8.93. The van der Waals surface area contributed by atoms with E-state index in [4.69, 9.17) is 9.47 Å². The van der Waals surface area contributed by atoms with Gasteiger partial charge >= 0.3 is 0 Å². The van der Waals surface area contributed by atoms with Crippen molar-refractivity contribution in [2.24, 2.45) is 5.92 Å². The summed E-state index contributed by atoms with van der Waals surface area (Å²) in [6.45, 7) is 4.37. The van der Waals surface area contributed by atoms with Gasteiger partial charge in [-0.25, -0.2) is 0 Å². The molecule has 118 valence electrons. The molecule has 0 aliphatic heterocycles. The summed E-state index contributed by atoms with van der Waals surface area (Å²) in [6.07, 6.45) is 8.31. The highest BCUT2D eigenvalue weighted by atomic mass is 16.5. The monoisotopic (exact) mass is 291 g/mol. The highest BCUT2D eigenvalue weighted by Crippen LogP contribution is 2.28. The number of ether oxygens (including phenoxy) is 2. The van der Waals surface area contributed by atoms with Gasteiger partial charge in [0.2, 0.25) is 0 Å². The predicted octanol–water partition coefficient (Wildman–Crippen LogP) is 4.40. The fraction of sp³-hybridized carbons (Fsp3) is 0.667. The van der Waals surface area contributed by atoms with E-state index in [-0.39, 0.29) is 0 Å². The average Bonchev–Trinajstić information content (AvgIpc) is 2.75. The van der Waals surface area contributed by atoms with Gasteiger partial charge in [-0.1, -0.05) is 31.7 Å². The molecular formula is C18H29NO2. The normalized spacial score (nSPS) is 16.5. The Labute approximate surface area is 129 Å². The molecule has 0 amide bonds. The molecule has 1 saturated carbocycles. The molecule has 2 rings (SSSR count). The van der Waals surface area contributed by atoms with Crippen molar-refractivity contribution in [3.63, 3.8) is 0 Å². The van der Waals surface area contributed by atoms with Gasteiger partial charge in [0.05, 0.1) is 12.3 Å². The number of methoxy groups -OCH3 is 1. The minimum atomic E-state index is 0.595. The van der Waals surface area contributed by atoms with Crippen LogP contribution in [0.5, 0.6) is 5.75 Å². The first kappa shape index (κ1) is 16.2. The number of aryl methyl sites for hydroxylation is 1. The first-order valence-corrected chi connectivity index (χ1v) is 8.26. The maximum Gasteiger partial charge on any atom is 0.142 e. The second-order valence-electron chi connectivity index (χ2n) is 6.08. The zero-order valence-corrected chi connectivity index (χ0v) is 13.5. The Bertz CT molecular complexity index is 412. The smallest absolute Gasteiger partial charge is 0.142 e. The third kappa shape index (κ3) is 5.58. The van der Waals surface area contributed by atoms with E-state index in [1.54, 1.807) is 7.11 Å². The maximum absolute atomic E-state index is 5.84. The van der Waals surface area contributed by atoms with E-state index < -0.39 is 0 Å². The quantitative estimate of drug-likeness (QED) is 0.596.